The molecule has 0 radical (unpaired) electrons. The van der Waals surface area contributed by atoms with Gasteiger partial charge in [0.1, 0.15) is 5.52 Å². The summed E-state index contributed by atoms with van der Waals surface area (Å²) in [5.74, 6) is 0. The van der Waals surface area contributed by atoms with E-state index in [1.54, 1.807) is 21.4 Å². The van der Waals surface area contributed by atoms with Gasteiger partial charge in [-0.05, 0) is 38.3 Å². The maximum Gasteiger partial charge on any atom is 0.330 e. The van der Waals surface area contributed by atoms with Crippen LogP contribution in [0.15, 0.2) is 41.3 Å². The van der Waals surface area contributed by atoms with Crippen LogP contribution < -0.4 is 16.3 Å². The molecule has 1 fully saturated rings. The molecule has 1 saturated heterocycles. The lowest BCUT2D eigenvalue weighted by Gasteiger charge is -2.33. The van der Waals surface area contributed by atoms with E-state index in [4.69, 9.17) is 12.3 Å². The van der Waals surface area contributed by atoms with Crippen molar-refractivity contribution in [3.05, 3.63) is 64.0 Å². The van der Waals surface area contributed by atoms with Crippen LogP contribution in [-0.2, 0) is 6.54 Å². The molecule has 29 heavy (non-hydrogen) atoms. The third-order valence-corrected chi connectivity index (χ3v) is 5.57. The number of pyridine rings is 1. The predicted octanol–water partition coefficient (Wildman–Crippen LogP) is 3.31. The summed E-state index contributed by atoms with van der Waals surface area (Å²) < 4.78 is 3.50. The lowest BCUT2D eigenvalue weighted by atomic mass is 10.1. The smallest absolute Gasteiger partial charge is 0.330 e. The molecule has 7 nitrogen and oxygen atoms in total. The SMILES string of the molecule is [C-]#[N+]c1ccccc1Cn1c(=O)n(C(C)C)c2nccc(N3CCC[C@@H](N)C3)c21. The van der Waals surface area contributed by atoms with Crippen LogP contribution in [0.25, 0.3) is 16.0 Å². The summed E-state index contributed by atoms with van der Waals surface area (Å²) in [5, 5.41) is 0. The number of para-hydroxylation sites is 1. The fourth-order valence-corrected chi connectivity index (χ4v) is 4.20. The van der Waals surface area contributed by atoms with Gasteiger partial charge in [0, 0.05) is 37.9 Å². The molecule has 2 aromatic heterocycles. The molecule has 0 amide bonds. The quantitative estimate of drug-likeness (QED) is 0.694. The van der Waals surface area contributed by atoms with Crippen LogP contribution in [0.2, 0.25) is 0 Å². The van der Waals surface area contributed by atoms with Crippen LogP contribution in [0.3, 0.4) is 0 Å². The van der Waals surface area contributed by atoms with Crippen LogP contribution in [0.5, 0.6) is 0 Å². The second-order valence-corrected chi connectivity index (χ2v) is 7.92. The normalized spacial score (nSPS) is 17.1. The van der Waals surface area contributed by atoms with Crippen molar-refractivity contribution in [2.24, 2.45) is 5.73 Å². The van der Waals surface area contributed by atoms with Crippen molar-refractivity contribution in [3.63, 3.8) is 0 Å². The van der Waals surface area contributed by atoms with Crippen LogP contribution in [0, 0.1) is 6.57 Å². The highest BCUT2D eigenvalue weighted by molar-refractivity contribution is 5.87. The van der Waals surface area contributed by atoms with E-state index in [0.717, 1.165) is 42.7 Å². The number of piperidine rings is 1. The number of hydrogen-bond donors (Lipinski definition) is 1. The molecule has 3 aromatic rings. The monoisotopic (exact) mass is 390 g/mol. The fourth-order valence-electron chi connectivity index (χ4n) is 4.20. The zero-order valence-electron chi connectivity index (χ0n) is 16.9. The summed E-state index contributed by atoms with van der Waals surface area (Å²) in [6, 6.07) is 9.53. The molecule has 0 aliphatic carbocycles. The van der Waals surface area contributed by atoms with E-state index in [2.05, 4.69) is 14.7 Å². The molecule has 0 unspecified atom stereocenters. The summed E-state index contributed by atoms with van der Waals surface area (Å²) in [6.07, 6.45) is 3.82. The Labute approximate surface area is 170 Å². The van der Waals surface area contributed by atoms with E-state index in [1.165, 1.54) is 0 Å². The van der Waals surface area contributed by atoms with Gasteiger partial charge in [-0.2, -0.15) is 0 Å². The number of anilines is 1. The number of aromatic nitrogens is 3. The number of rotatable bonds is 4. The average molecular weight is 390 g/mol. The lowest BCUT2D eigenvalue weighted by Crippen LogP contribution is -2.43. The fraction of sp³-hybridized carbons (Fsp3) is 0.409. The molecule has 0 spiro atoms. The topological polar surface area (TPSA) is 73.4 Å². The first kappa shape index (κ1) is 19.2. The number of fused-ring (bicyclic) bond motifs is 1. The average Bonchev–Trinajstić information content (AvgIpc) is 3.00. The van der Waals surface area contributed by atoms with Crippen molar-refractivity contribution in [2.75, 3.05) is 18.0 Å². The Kier molecular flexibility index (Phi) is 5.12. The standard InChI is InChI=1S/C22H26N6O/c1-15(2)28-21-20(19(10-11-25-21)26-12-6-8-17(23)14-26)27(22(28)29)13-16-7-4-5-9-18(16)24-3/h4-5,7,9-11,15,17H,6,8,12-14,23H2,1-2H3/t17-/m1/s1. The van der Waals surface area contributed by atoms with Crippen molar-refractivity contribution < 1.29 is 0 Å². The van der Waals surface area contributed by atoms with E-state index >= 15 is 0 Å². The Morgan fingerprint density at radius 2 is 2.10 bits per heavy atom. The summed E-state index contributed by atoms with van der Waals surface area (Å²) >= 11 is 0. The highest BCUT2D eigenvalue weighted by atomic mass is 16.1. The van der Waals surface area contributed by atoms with Crippen molar-refractivity contribution in [3.8, 4) is 0 Å². The molecule has 2 N–H and O–H groups in total. The minimum atomic E-state index is -0.101. The number of nitrogens with zero attached hydrogens (tertiary/aromatic N) is 5. The summed E-state index contributed by atoms with van der Waals surface area (Å²) in [5.41, 5.74) is 10.0. The van der Waals surface area contributed by atoms with Gasteiger partial charge < -0.3 is 10.6 Å². The second-order valence-electron chi connectivity index (χ2n) is 7.92. The van der Waals surface area contributed by atoms with E-state index in [0.29, 0.717) is 17.9 Å². The Balaban J connectivity index is 1.94. The molecule has 1 aromatic carbocycles. The maximum atomic E-state index is 13.4. The minimum absolute atomic E-state index is 0.0197. The first-order valence-electron chi connectivity index (χ1n) is 10.1. The summed E-state index contributed by atoms with van der Waals surface area (Å²) in [7, 11) is 0. The molecule has 1 aliphatic rings. The molecule has 3 heterocycles. The van der Waals surface area contributed by atoms with Gasteiger partial charge in [-0.15, -0.1) is 0 Å². The van der Waals surface area contributed by atoms with Crippen molar-refractivity contribution >= 4 is 22.5 Å². The van der Waals surface area contributed by atoms with Crippen molar-refractivity contribution in [1.29, 1.82) is 0 Å². The molecule has 1 atom stereocenters. The zero-order chi connectivity index (χ0) is 20.5. The molecule has 7 heteroatoms. The minimum Gasteiger partial charge on any atom is -0.368 e. The summed E-state index contributed by atoms with van der Waals surface area (Å²) in [6.45, 7) is 13.5. The van der Waals surface area contributed by atoms with Crippen molar-refractivity contribution in [1.82, 2.24) is 14.1 Å². The molecule has 1 aliphatic heterocycles. The molecule has 150 valence electrons. The first-order valence-corrected chi connectivity index (χ1v) is 10.1. The predicted molar refractivity (Wildman–Crippen MR) is 116 cm³/mol. The van der Waals surface area contributed by atoms with Gasteiger partial charge in [0.05, 0.1) is 12.3 Å². The first-order chi connectivity index (χ1) is 14.0. The van der Waals surface area contributed by atoms with Crippen molar-refractivity contribution in [2.45, 2.75) is 45.3 Å². The van der Waals surface area contributed by atoms with Crippen LogP contribution in [0.4, 0.5) is 11.4 Å². The number of benzene rings is 1. The zero-order valence-corrected chi connectivity index (χ0v) is 16.9. The second kappa shape index (κ2) is 7.72. The van der Waals surface area contributed by atoms with Crippen LogP contribution in [0.1, 0.15) is 38.3 Å². The van der Waals surface area contributed by atoms with Gasteiger partial charge in [0.25, 0.3) is 0 Å². The molecular formula is C22H26N6O. The van der Waals surface area contributed by atoms with Gasteiger partial charge in [-0.1, -0.05) is 24.3 Å². The van der Waals surface area contributed by atoms with Gasteiger partial charge in [0.15, 0.2) is 11.3 Å². The Morgan fingerprint density at radius 3 is 2.83 bits per heavy atom. The molecule has 0 bridgehead atoms. The maximum absolute atomic E-state index is 13.4. The van der Waals surface area contributed by atoms with Gasteiger partial charge in [0.2, 0.25) is 0 Å². The van der Waals surface area contributed by atoms with E-state index in [1.807, 2.05) is 38.1 Å². The highest BCUT2D eigenvalue weighted by Gasteiger charge is 2.25. The number of hydrogen-bond acceptors (Lipinski definition) is 4. The Hall–Kier alpha value is -3.11. The van der Waals surface area contributed by atoms with E-state index in [-0.39, 0.29) is 17.8 Å². The molecule has 4 rings (SSSR count). The van der Waals surface area contributed by atoms with Gasteiger partial charge in [-0.25, -0.2) is 14.6 Å². The van der Waals surface area contributed by atoms with Gasteiger partial charge >= 0.3 is 5.69 Å². The molecule has 0 saturated carbocycles. The number of nitrogens with two attached hydrogens (primary N) is 1. The Morgan fingerprint density at radius 1 is 1.31 bits per heavy atom. The van der Waals surface area contributed by atoms with Crippen LogP contribution in [-0.4, -0.2) is 33.2 Å². The largest absolute Gasteiger partial charge is 0.368 e. The van der Waals surface area contributed by atoms with E-state index in [9.17, 15) is 4.79 Å². The van der Waals surface area contributed by atoms with Crippen LogP contribution >= 0.6 is 0 Å². The van der Waals surface area contributed by atoms with Gasteiger partial charge in [-0.3, -0.25) is 9.13 Å². The summed E-state index contributed by atoms with van der Waals surface area (Å²) in [4.78, 5) is 23.9. The number of imidazole rings is 1. The molecular weight excluding hydrogens is 364 g/mol. The van der Waals surface area contributed by atoms with E-state index < -0.39 is 0 Å². The third kappa shape index (κ3) is 3.40. The lowest BCUT2D eigenvalue weighted by molar-refractivity contribution is 0.506. The highest BCUT2D eigenvalue weighted by Crippen LogP contribution is 2.30. The Bertz CT molecular complexity index is 1140. The third-order valence-electron chi connectivity index (χ3n) is 5.57.